The number of pyridine rings is 1. The number of rotatable bonds is 0. The van der Waals surface area contributed by atoms with Crippen LogP contribution in [-0.2, 0) is 0 Å². The van der Waals surface area contributed by atoms with Gasteiger partial charge in [-0.2, -0.15) is 10.5 Å². The molecule has 1 aromatic heterocycles. The van der Waals surface area contributed by atoms with Crippen molar-refractivity contribution < 1.29 is 0 Å². The Bertz CT molecular complexity index is 438. The van der Waals surface area contributed by atoms with Crippen molar-refractivity contribution in [2.24, 2.45) is 0 Å². The Morgan fingerprint density at radius 3 is 2.15 bits per heavy atom. The maximum atomic E-state index is 8.83. The van der Waals surface area contributed by atoms with Gasteiger partial charge in [-0.1, -0.05) is 0 Å². The van der Waals surface area contributed by atoms with Gasteiger partial charge >= 0.3 is 0 Å². The molecule has 4 heteroatoms. The highest BCUT2D eigenvalue weighted by molar-refractivity contribution is 9.10. The minimum absolute atomic E-state index is 0.311. The van der Waals surface area contributed by atoms with Crippen LogP contribution in [0.15, 0.2) is 4.60 Å². The van der Waals surface area contributed by atoms with Crippen LogP contribution in [0.5, 0.6) is 0 Å². The maximum absolute atomic E-state index is 8.83. The van der Waals surface area contributed by atoms with Crippen LogP contribution < -0.4 is 0 Å². The van der Waals surface area contributed by atoms with Gasteiger partial charge in [0, 0.05) is 5.69 Å². The van der Waals surface area contributed by atoms with Gasteiger partial charge in [0.05, 0.1) is 5.56 Å². The second-order valence-electron chi connectivity index (χ2n) is 2.59. The van der Waals surface area contributed by atoms with E-state index in [0.717, 1.165) is 11.3 Å². The summed E-state index contributed by atoms with van der Waals surface area (Å²) in [6, 6.07) is 3.95. The highest BCUT2D eigenvalue weighted by Crippen LogP contribution is 2.22. The lowest BCUT2D eigenvalue weighted by Crippen LogP contribution is -1.97. The summed E-state index contributed by atoms with van der Waals surface area (Å²) < 4.78 is 0.439. The van der Waals surface area contributed by atoms with E-state index in [1.165, 1.54) is 0 Å². The standard InChI is InChI=1S/C9H6BrN3/c1-5-6(2)13-9(10)8(4-12)7(5)3-11/h1-2H3. The van der Waals surface area contributed by atoms with Crippen LogP contribution >= 0.6 is 15.9 Å². The normalized spacial score (nSPS) is 9.00. The van der Waals surface area contributed by atoms with Gasteiger partial charge < -0.3 is 0 Å². The van der Waals surface area contributed by atoms with Crippen molar-refractivity contribution in [1.29, 1.82) is 10.5 Å². The lowest BCUT2D eigenvalue weighted by Gasteiger charge is -2.04. The zero-order chi connectivity index (χ0) is 10.0. The van der Waals surface area contributed by atoms with E-state index in [1.807, 2.05) is 19.1 Å². The minimum Gasteiger partial charge on any atom is -0.244 e. The van der Waals surface area contributed by atoms with Crippen molar-refractivity contribution in [2.45, 2.75) is 13.8 Å². The van der Waals surface area contributed by atoms with Gasteiger partial charge in [0.1, 0.15) is 22.3 Å². The predicted octanol–water partition coefficient (Wildman–Crippen LogP) is 2.20. The summed E-state index contributed by atoms with van der Waals surface area (Å²) >= 11 is 3.15. The molecule has 64 valence electrons. The van der Waals surface area contributed by atoms with Gasteiger partial charge in [-0.15, -0.1) is 0 Å². The monoisotopic (exact) mass is 235 g/mol. The Hall–Kier alpha value is -1.39. The quantitative estimate of drug-likeness (QED) is 0.648. The highest BCUT2D eigenvalue weighted by Gasteiger charge is 2.12. The Labute approximate surface area is 84.8 Å². The summed E-state index contributed by atoms with van der Waals surface area (Å²) in [5, 5.41) is 17.6. The number of nitriles is 2. The molecule has 0 saturated heterocycles. The van der Waals surface area contributed by atoms with Crippen molar-refractivity contribution in [1.82, 2.24) is 4.98 Å². The summed E-state index contributed by atoms with van der Waals surface area (Å²) in [5.74, 6) is 0. The molecule has 0 spiro atoms. The smallest absolute Gasteiger partial charge is 0.125 e. The van der Waals surface area contributed by atoms with Gasteiger partial charge in [-0.25, -0.2) is 4.98 Å². The largest absolute Gasteiger partial charge is 0.244 e. The molecular formula is C9H6BrN3. The number of hydrogen-bond donors (Lipinski definition) is 0. The molecule has 0 atom stereocenters. The first-order valence-corrected chi connectivity index (χ1v) is 4.38. The first kappa shape index (κ1) is 9.70. The summed E-state index contributed by atoms with van der Waals surface area (Å²) in [4.78, 5) is 4.10. The van der Waals surface area contributed by atoms with Crippen molar-refractivity contribution in [2.75, 3.05) is 0 Å². The molecule has 0 aliphatic carbocycles. The molecule has 0 aromatic carbocycles. The second-order valence-corrected chi connectivity index (χ2v) is 3.34. The van der Waals surface area contributed by atoms with Crippen LogP contribution in [0.3, 0.4) is 0 Å². The fourth-order valence-corrected chi connectivity index (χ4v) is 1.55. The maximum Gasteiger partial charge on any atom is 0.125 e. The van der Waals surface area contributed by atoms with Crippen LogP contribution in [0.25, 0.3) is 0 Å². The second kappa shape index (κ2) is 3.55. The topological polar surface area (TPSA) is 60.5 Å². The highest BCUT2D eigenvalue weighted by atomic mass is 79.9. The molecule has 0 saturated carbocycles. The third kappa shape index (κ3) is 1.54. The molecule has 0 bridgehead atoms. The molecule has 0 aliphatic heterocycles. The van der Waals surface area contributed by atoms with E-state index in [0.29, 0.717) is 15.7 Å². The molecule has 0 aliphatic rings. The number of halogens is 1. The SMILES string of the molecule is Cc1nc(Br)c(C#N)c(C#N)c1C. The van der Waals surface area contributed by atoms with Gasteiger partial charge in [-0.3, -0.25) is 0 Å². The van der Waals surface area contributed by atoms with E-state index in [4.69, 9.17) is 10.5 Å². The van der Waals surface area contributed by atoms with E-state index in [2.05, 4.69) is 20.9 Å². The molecule has 0 radical (unpaired) electrons. The average molecular weight is 236 g/mol. The lowest BCUT2D eigenvalue weighted by atomic mass is 10.1. The predicted molar refractivity (Wildman–Crippen MR) is 50.8 cm³/mol. The fraction of sp³-hybridized carbons (Fsp3) is 0.222. The van der Waals surface area contributed by atoms with Gasteiger partial charge in [0.25, 0.3) is 0 Å². The zero-order valence-electron chi connectivity index (χ0n) is 7.22. The zero-order valence-corrected chi connectivity index (χ0v) is 8.81. The van der Waals surface area contributed by atoms with Crippen molar-refractivity contribution in [3.05, 3.63) is 27.0 Å². The molecular weight excluding hydrogens is 230 g/mol. The van der Waals surface area contributed by atoms with Crippen molar-refractivity contribution in [3.63, 3.8) is 0 Å². The third-order valence-electron chi connectivity index (χ3n) is 1.86. The first-order chi connectivity index (χ1) is 6.11. The van der Waals surface area contributed by atoms with E-state index >= 15 is 0 Å². The summed E-state index contributed by atoms with van der Waals surface area (Å²) in [6.07, 6.45) is 0. The average Bonchev–Trinajstić information content (AvgIpc) is 2.10. The van der Waals surface area contributed by atoms with Crippen LogP contribution in [0.1, 0.15) is 22.4 Å². The Morgan fingerprint density at radius 1 is 1.15 bits per heavy atom. The molecule has 13 heavy (non-hydrogen) atoms. The van der Waals surface area contributed by atoms with Crippen LogP contribution in [0.2, 0.25) is 0 Å². The molecule has 3 nitrogen and oxygen atoms in total. The number of nitrogens with zero attached hydrogens (tertiary/aromatic N) is 3. The van der Waals surface area contributed by atoms with E-state index < -0.39 is 0 Å². The summed E-state index contributed by atoms with van der Waals surface area (Å²) in [6.45, 7) is 3.59. The van der Waals surface area contributed by atoms with Gasteiger partial charge in [-0.05, 0) is 35.3 Å². The summed E-state index contributed by atoms with van der Waals surface area (Å²) in [5.41, 5.74) is 2.25. The number of hydrogen-bond acceptors (Lipinski definition) is 3. The Kier molecular flexibility index (Phi) is 2.65. The molecule has 1 aromatic rings. The minimum atomic E-state index is 0.311. The van der Waals surface area contributed by atoms with Crippen LogP contribution in [0, 0.1) is 36.5 Å². The molecule has 0 amide bonds. The summed E-state index contributed by atoms with van der Waals surface area (Å²) in [7, 11) is 0. The first-order valence-electron chi connectivity index (χ1n) is 3.58. The van der Waals surface area contributed by atoms with E-state index in [9.17, 15) is 0 Å². The number of aryl methyl sites for hydroxylation is 1. The Morgan fingerprint density at radius 2 is 1.69 bits per heavy atom. The molecule has 1 rings (SSSR count). The van der Waals surface area contributed by atoms with E-state index in [1.54, 1.807) is 6.92 Å². The molecule has 0 unspecified atom stereocenters. The molecule has 0 N–H and O–H groups in total. The van der Waals surface area contributed by atoms with Gasteiger partial charge in [0.15, 0.2) is 0 Å². The number of aromatic nitrogens is 1. The third-order valence-corrected chi connectivity index (χ3v) is 2.44. The fourth-order valence-electron chi connectivity index (χ4n) is 1.00. The Balaban J connectivity index is 3.66. The van der Waals surface area contributed by atoms with Crippen molar-refractivity contribution in [3.8, 4) is 12.1 Å². The van der Waals surface area contributed by atoms with E-state index in [-0.39, 0.29) is 0 Å². The van der Waals surface area contributed by atoms with Crippen molar-refractivity contribution >= 4 is 15.9 Å². The van der Waals surface area contributed by atoms with Gasteiger partial charge in [0.2, 0.25) is 0 Å². The lowest BCUT2D eigenvalue weighted by molar-refractivity contribution is 1.10. The van der Waals surface area contributed by atoms with Crippen LogP contribution in [-0.4, -0.2) is 4.98 Å². The molecule has 0 fully saturated rings. The molecule has 1 heterocycles. The van der Waals surface area contributed by atoms with Crippen LogP contribution in [0.4, 0.5) is 0 Å².